The summed E-state index contributed by atoms with van der Waals surface area (Å²) in [4.78, 5) is 2.30. The van der Waals surface area contributed by atoms with Gasteiger partial charge in [-0.05, 0) is 59.5 Å². The molecule has 1 nitrogen and oxygen atoms in total. The summed E-state index contributed by atoms with van der Waals surface area (Å²) in [5.41, 5.74) is 3.99. The fourth-order valence-corrected chi connectivity index (χ4v) is 3.06. The number of rotatable bonds is 1. The van der Waals surface area contributed by atoms with Gasteiger partial charge in [-0.1, -0.05) is 49.4 Å². The van der Waals surface area contributed by atoms with E-state index in [0.29, 0.717) is 12.0 Å². The maximum absolute atomic E-state index is 2.41. The summed E-state index contributed by atoms with van der Waals surface area (Å²) in [5.74, 6) is 0.527. The third kappa shape index (κ3) is 2.61. The number of allylic oxidation sites excluding steroid dienone is 2. The van der Waals surface area contributed by atoms with Gasteiger partial charge in [0.05, 0.1) is 0 Å². The summed E-state index contributed by atoms with van der Waals surface area (Å²) in [6, 6.07) is 13.8. The minimum Gasteiger partial charge on any atom is -0.377 e. The van der Waals surface area contributed by atoms with Crippen LogP contribution in [0.4, 0.5) is 0 Å². The summed E-state index contributed by atoms with van der Waals surface area (Å²) in [7, 11) is 2.16. The Kier molecular flexibility index (Phi) is 3.59. The lowest BCUT2D eigenvalue weighted by molar-refractivity contribution is 0.301. The van der Waals surface area contributed by atoms with Crippen LogP contribution in [0, 0.1) is 12.8 Å². The lowest BCUT2D eigenvalue weighted by Crippen LogP contribution is -2.28. The highest BCUT2D eigenvalue weighted by Gasteiger charge is 2.17. The molecule has 1 aliphatic rings. The van der Waals surface area contributed by atoms with Crippen molar-refractivity contribution in [2.24, 2.45) is 5.92 Å². The topological polar surface area (TPSA) is 3.24 Å². The molecule has 0 amide bonds. The zero-order valence-corrected chi connectivity index (χ0v) is 13.3. The average molecular weight is 277 g/mol. The van der Waals surface area contributed by atoms with E-state index in [1.165, 1.54) is 27.5 Å². The Bertz CT molecular complexity index is 724. The van der Waals surface area contributed by atoms with Gasteiger partial charge in [0.25, 0.3) is 0 Å². The molecule has 0 saturated heterocycles. The van der Waals surface area contributed by atoms with Crippen molar-refractivity contribution < 1.29 is 0 Å². The molecular formula is C20H23N. The summed E-state index contributed by atoms with van der Waals surface area (Å²) in [6.45, 7) is 6.75. The molecule has 0 radical (unpaired) electrons. The molecule has 0 N–H and O–H groups in total. The van der Waals surface area contributed by atoms with E-state index in [0.717, 1.165) is 0 Å². The van der Waals surface area contributed by atoms with Gasteiger partial charge in [-0.15, -0.1) is 0 Å². The lowest BCUT2D eigenvalue weighted by Gasteiger charge is -2.25. The molecule has 3 rings (SSSR count). The van der Waals surface area contributed by atoms with Crippen molar-refractivity contribution in [1.82, 2.24) is 4.90 Å². The van der Waals surface area contributed by atoms with Crippen LogP contribution in [0.2, 0.25) is 0 Å². The molecule has 0 saturated carbocycles. The SMILES string of the molecule is Cc1cc(C2=CC(C)C(C)N(C)C=C2)c2ccccc2c1. The van der Waals surface area contributed by atoms with Crippen molar-refractivity contribution in [2.45, 2.75) is 26.8 Å². The first-order chi connectivity index (χ1) is 10.1. The first-order valence-corrected chi connectivity index (χ1v) is 7.68. The second kappa shape index (κ2) is 5.40. The number of benzene rings is 2. The highest BCUT2D eigenvalue weighted by Crippen LogP contribution is 2.31. The predicted molar refractivity (Wildman–Crippen MR) is 92.2 cm³/mol. The Morgan fingerprint density at radius 1 is 1.05 bits per heavy atom. The average Bonchev–Trinajstić information content (AvgIpc) is 2.60. The minimum atomic E-state index is 0.523. The molecule has 0 aliphatic carbocycles. The highest BCUT2D eigenvalue weighted by atomic mass is 15.1. The summed E-state index contributed by atoms with van der Waals surface area (Å²) < 4.78 is 0. The molecule has 21 heavy (non-hydrogen) atoms. The first kappa shape index (κ1) is 13.9. The molecule has 0 spiro atoms. The largest absolute Gasteiger partial charge is 0.377 e. The van der Waals surface area contributed by atoms with Crippen LogP contribution in [0.15, 0.2) is 54.8 Å². The molecule has 108 valence electrons. The van der Waals surface area contributed by atoms with E-state index in [1.807, 2.05) is 0 Å². The van der Waals surface area contributed by atoms with Crippen molar-refractivity contribution in [1.29, 1.82) is 0 Å². The van der Waals surface area contributed by atoms with E-state index >= 15 is 0 Å². The van der Waals surface area contributed by atoms with Crippen LogP contribution in [0.5, 0.6) is 0 Å². The lowest BCUT2D eigenvalue weighted by atomic mass is 9.93. The third-order valence-electron chi connectivity index (χ3n) is 4.65. The van der Waals surface area contributed by atoms with Crippen molar-refractivity contribution in [2.75, 3.05) is 7.05 Å². The van der Waals surface area contributed by atoms with Gasteiger partial charge in [-0.25, -0.2) is 0 Å². The Balaban J connectivity index is 2.20. The van der Waals surface area contributed by atoms with Crippen molar-refractivity contribution in [3.05, 3.63) is 65.9 Å². The standard InChI is InChI=1S/C20H23N/c1-14-11-17-7-5-6-8-19(17)20(12-14)18-9-10-21(4)16(3)15(2)13-18/h5-13,15-16H,1-4H3. The maximum Gasteiger partial charge on any atom is 0.0313 e. The Hall–Kier alpha value is -2.02. The van der Waals surface area contributed by atoms with E-state index in [-0.39, 0.29) is 0 Å². The molecular weight excluding hydrogens is 254 g/mol. The van der Waals surface area contributed by atoms with E-state index < -0.39 is 0 Å². The van der Waals surface area contributed by atoms with Gasteiger partial charge in [-0.3, -0.25) is 0 Å². The fourth-order valence-electron chi connectivity index (χ4n) is 3.06. The van der Waals surface area contributed by atoms with Gasteiger partial charge >= 0.3 is 0 Å². The normalized spacial score (nSPS) is 22.3. The molecule has 2 atom stereocenters. The molecule has 0 aromatic heterocycles. The Morgan fingerprint density at radius 2 is 1.81 bits per heavy atom. The van der Waals surface area contributed by atoms with Gasteiger partial charge in [0.15, 0.2) is 0 Å². The van der Waals surface area contributed by atoms with Crippen molar-refractivity contribution >= 4 is 16.3 Å². The van der Waals surface area contributed by atoms with Gasteiger partial charge in [0, 0.05) is 13.1 Å². The molecule has 1 heteroatoms. The molecule has 0 bridgehead atoms. The number of fused-ring (bicyclic) bond motifs is 1. The van der Waals surface area contributed by atoms with Crippen LogP contribution in [-0.4, -0.2) is 18.0 Å². The summed E-state index contributed by atoms with van der Waals surface area (Å²) in [6.07, 6.45) is 6.87. The van der Waals surface area contributed by atoms with Gasteiger partial charge in [-0.2, -0.15) is 0 Å². The van der Waals surface area contributed by atoms with E-state index in [9.17, 15) is 0 Å². The van der Waals surface area contributed by atoms with E-state index in [4.69, 9.17) is 0 Å². The molecule has 2 aromatic carbocycles. The second-order valence-corrected chi connectivity index (χ2v) is 6.24. The zero-order valence-electron chi connectivity index (χ0n) is 13.3. The van der Waals surface area contributed by atoms with Gasteiger partial charge in [0.1, 0.15) is 0 Å². The van der Waals surface area contributed by atoms with Crippen molar-refractivity contribution in [3.63, 3.8) is 0 Å². The smallest absolute Gasteiger partial charge is 0.0313 e. The molecule has 0 fully saturated rings. The zero-order chi connectivity index (χ0) is 15.0. The molecule has 2 unspecified atom stereocenters. The third-order valence-corrected chi connectivity index (χ3v) is 4.65. The summed E-state index contributed by atoms with van der Waals surface area (Å²) >= 11 is 0. The summed E-state index contributed by atoms with van der Waals surface area (Å²) in [5, 5.41) is 2.66. The highest BCUT2D eigenvalue weighted by molar-refractivity contribution is 5.96. The Labute approximate surface area is 127 Å². The molecule has 1 heterocycles. The molecule has 2 aromatic rings. The van der Waals surface area contributed by atoms with Gasteiger partial charge < -0.3 is 4.90 Å². The van der Waals surface area contributed by atoms with Crippen molar-refractivity contribution in [3.8, 4) is 0 Å². The number of aryl methyl sites for hydroxylation is 1. The molecule has 1 aliphatic heterocycles. The van der Waals surface area contributed by atoms with Crippen LogP contribution >= 0.6 is 0 Å². The number of hydrogen-bond acceptors (Lipinski definition) is 1. The van der Waals surface area contributed by atoms with E-state index in [2.05, 4.69) is 87.5 Å². The van der Waals surface area contributed by atoms with Crippen LogP contribution in [-0.2, 0) is 0 Å². The second-order valence-electron chi connectivity index (χ2n) is 6.24. The maximum atomic E-state index is 2.41. The van der Waals surface area contributed by atoms with Crippen LogP contribution in [0.3, 0.4) is 0 Å². The predicted octanol–water partition coefficient (Wildman–Crippen LogP) is 5.02. The fraction of sp³-hybridized carbons (Fsp3) is 0.300. The van der Waals surface area contributed by atoms with Crippen LogP contribution in [0.1, 0.15) is 25.0 Å². The van der Waals surface area contributed by atoms with E-state index in [1.54, 1.807) is 0 Å². The number of hydrogen-bond donors (Lipinski definition) is 0. The monoisotopic (exact) mass is 277 g/mol. The quantitative estimate of drug-likeness (QED) is 0.708. The van der Waals surface area contributed by atoms with Gasteiger partial charge in [0.2, 0.25) is 0 Å². The minimum absolute atomic E-state index is 0.523. The van der Waals surface area contributed by atoms with Crippen LogP contribution < -0.4 is 0 Å². The Morgan fingerprint density at radius 3 is 2.62 bits per heavy atom. The van der Waals surface area contributed by atoms with Crippen LogP contribution in [0.25, 0.3) is 16.3 Å². The first-order valence-electron chi connectivity index (χ1n) is 7.68. The number of nitrogens with zero attached hydrogens (tertiary/aromatic N) is 1.